The lowest BCUT2D eigenvalue weighted by atomic mass is 10.1. The summed E-state index contributed by atoms with van der Waals surface area (Å²) in [6.07, 6.45) is 0. The molecule has 2 aromatic carbocycles. The van der Waals surface area contributed by atoms with Gasteiger partial charge in [-0.1, -0.05) is 6.07 Å². The number of halogens is 2. The zero-order chi connectivity index (χ0) is 14.0. The molecule has 0 heterocycles. The van der Waals surface area contributed by atoms with Gasteiger partial charge in [0.15, 0.2) is 0 Å². The van der Waals surface area contributed by atoms with E-state index in [4.69, 9.17) is 0 Å². The van der Waals surface area contributed by atoms with Crippen LogP contribution in [0.3, 0.4) is 0 Å². The number of benzene rings is 2. The van der Waals surface area contributed by atoms with Crippen LogP contribution in [-0.4, -0.2) is 5.11 Å². The summed E-state index contributed by atoms with van der Waals surface area (Å²) in [5.41, 5.74) is 4.76. The van der Waals surface area contributed by atoms with Crippen molar-refractivity contribution in [1.82, 2.24) is 0 Å². The molecule has 0 atom stereocenters. The van der Waals surface area contributed by atoms with Crippen molar-refractivity contribution in [2.24, 2.45) is 0 Å². The zero-order valence-electron chi connectivity index (χ0n) is 10.8. The lowest BCUT2D eigenvalue weighted by Crippen LogP contribution is -2.00. The Kier molecular flexibility index (Phi) is 4.53. The minimum atomic E-state index is 0.231. The van der Waals surface area contributed by atoms with Gasteiger partial charge < -0.3 is 10.4 Å². The third-order valence-electron chi connectivity index (χ3n) is 3.08. The SMILES string of the molecule is Cc1ccc(NCc2cc(Br)c(O)c(Br)c2)cc1C. The molecule has 0 radical (unpaired) electrons. The quantitative estimate of drug-likeness (QED) is 0.767. The summed E-state index contributed by atoms with van der Waals surface area (Å²) in [5.74, 6) is 0.231. The third kappa shape index (κ3) is 3.51. The van der Waals surface area contributed by atoms with Crippen LogP contribution in [-0.2, 0) is 6.54 Å². The zero-order valence-corrected chi connectivity index (χ0v) is 14.0. The largest absolute Gasteiger partial charge is 0.506 e. The molecule has 0 aliphatic heterocycles. The fourth-order valence-corrected chi connectivity index (χ4v) is 3.06. The van der Waals surface area contributed by atoms with E-state index in [2.05, 4.69) is 69.2 Å². The summed E-state index contributed by atoms with van der Waals surface area (Å²) in [5, 5.41) is 13.0. The number of hydrogen-bond donors (Lipinski definition) is 2. The van der Waals surface area contributed by atoms with Crippen LogP contribution < -0.4 is 5.32 Å². The van der Waals surface area contributed by atoms with Gasteiger partial charge in [0.25, 0.3) is 0 Å². The van der Waals surface area contributed by atoms with Crippen LogP contribution in [0.5, 0.6) is 5.75 Å². The topological polar surface area (TPSA) is 32.3 Å². The van der Waals surface area contributed by atoms with E-state index < -0.39 is 0 Å². The van der Waals surface area contributed by atoms with Crippen LogP contribution in [0.2, 0.25) is 0 Å². The molecule has 0 amide bonds. The Morgan fingerprint density at radius 1 is 1.00 bits per heavy atom. The van der Waals surface area contributed by atoms with Crippen molar-refractivity contribution in [2.75, 3.05) is 5.32 Å². The van der Waals surface area contributed by atoms with Gasteiger partial charge in [0.05, 0.1) is 8.95 Å². The fraction of sp³-hybridized carbons (Fsp3) is 0.200. The molecule has 0 saturated carbocycles. The number of phenols is 1. The predicted octanol–water partition coefficient (Wildman–Crippen LogP) is 5.15. The maximum absolute atomic E-state index is 9.67. The van der Waals surface area contributed by atoms with Gasteiger partial charge >= 0.3 is 0 Å². The summed E-state index contributed by atoms with van der Waals surface area (Å²) < 4.78 is 1.39. The van der Waals surface area contributed by atoms with Crippen molar-refractivity contribution in [2.45, 2.75) is 20.4 Å². The summed E-state index contributed by atoms with van der Waals surface area (Å²) in [6.45, 7) is 4.92. The normalized spacial score (nSPS) is 10.5. The van der Waals surface area contributed by atoms with Gasteiger partial charge in [-0.25, -0.2) is 0 Å². The Labute approximate surface area is 130 Å². The van der Waals surface area contributed by atoms with E-state index >= 15 is 0 Å². The van der Waals surface area contributed by atoms with E-state index in [9.17, 15) is 5.11 Å². The highest BCUT2D eigenvalue weighted by Gasteiger charge is 2.06. The van der Waals surface area contributed by atoms with E-state index in [1.807, 2.05) is 12.1 Å². The van der Waals surface area contributed by atoms with E-state index in [-0.39, 0.29) is 5.75 Å². The molecule has 2 N–H and O–H groups in total. The molecule has 0 spiro atoms. The van der Waals surface area contributed by atoms with Gasteiger partial charge in [-0.2, -0.15) is 0 Å². The Bertz CT molecular complexity index is 588. The van der Waals surface area contributed by atoms with E-state index in [0.717, 1.165) is 11.3 Å². The Balaban J connectivity index is 2.12. The average molecular weight is 385 g/mol. The van der Waals surface area contributed by atoms with Crippen LogP contribution in [0.4, 0.5) is 5.69 Å². The van der Waals surface area contributed by atoms with Crippen LogP contribution >= 0.6 is 31.9 Å². The molecular weight excluding hydrogens is 370 g/mol. The van der Waals surface area contributed by atoms with Gasteiger partial charge in [0.2, 0.25) is 0 Å². The minimum absolute atomic E-state index is 0.231. The highest BCUT2D eigenvalue weighted by molar-refractivity contribution is 9.11. The van der Waals surface area contributed by atoms with Crippen LogP contribution in [0.25, 0.3) is 0 Å². The third-order valence-corrected chi connectivity index (χ3v) is 4.29. The smallest absolute Gasteiger partial charge is 0.143 e. The number of nitrogens with one attached hydrogen (secondary N) is 1. The number of aryl methyl sites for hydroxylation is 2. The number of hydrogen-bond acceptors (Lipinski definition) is 2. The lowest BCUT2D eigenvalue weighted by molar-refractivity contribution is 0.468. The molecule has 0 fully saturated rings. The summed E-state index contributed by atoms with van der Waals surface area (Å²) in [6, 6.07) is 10.1. The lowest BCUT2D eigenvalue weighted by Gasteiger charge is -2.10. The molecule has 0 aliphatic rings. The highest BCUT2D eigenvalue weighted by atomic mass is 79.9. The van der Waals surface area contributed by atoms with E-state index in [1.54, 1.807) is 0 Å². The van der Waals surface area contributed by atoms with Crippen molar-refractivity contribution in [3.05, 3.63) is 56.0 Å². The molecule has 2 aromatic rings. The summed E-state index contributed by atoms with van der Waals surface area (Å²) >= 11 is 6.67. The molecule has 19 heavy (non-hydrogen) atoms. The van der Waals surface area contributed by atoms with Gasteiger partial charge in [0, 0.05) is 12.2 Å². The van der Waals surface area contributed by atoms with Crippen molar-refractivity contribution in [3.63, 3.8) is 0 Å². The van der Waals surface area contributed by atoms with Crippen molar-refractivity contribution in [3.8, 4) is 5.75 Å². The number of aromatic hydroxyl groups is 1. The number of anilines is 1. The standard InChI is InChI=1S/C15H15Br2NO/c1-9-3-4-12(5-10(9)2)18-8-11-6-13(16)15(19)14(17)7-11/h3-7,18-19H,8H2,1-2H3. The molecule has 0 aliphatic carbocycles. The van der Waals surface area contributed by atoms with Crippen LogP contribution in [0.15, 0.2) is 39.3 Å². The number of phenolic OH excluding ortho intramolecular Hbond substituents is 1. The summed E-state index contributed by atoms with van der Waals surface area (Å²) in [7, 11) is 0. The first-order valence-electron chi connectivity index (χ1n) is 5.95. The first kappa shape index (κ1) is 14.4. The van der Waals surface area contributed by atoms with Crippen LogP contribution in [0.1, 0.15) is 16.7 Å². The van der Waals surface area contributed by atoms with Gasteiger partial charge in [0.1, 0.15) is 5.75 Å². The monoisotopic (exact) mass is 383 g/mol. The molecule has 0 unspecified atom stereocenters. The average Bonchev–Trinajstić information content (AvgIpc) is 2.37. The second kappa shape index (κ2) is 5.97. The van der Waals surface area contributed by atoms with Crippen LogP contribution in [0, 0.1) is 13.8 Å². The Morgan fingerprint density at radius 3 is 2.21 bits per heavy atom. The van der Waals surface area contributed by atoms with Gasteiger partial charge in [-0.15, -0.1) is 0 Å². The molecule has 0 saturated heterocycles. The minimum Gasteiger partial charge on any atom is -0.506 e. The Hall–Kier alpha value is -1.000. The van der Waals surface area contributed by atoms with E-state index in [0.29, 0.717) is 15.5 Å². The van der Waals surface area contributed by atoms with Crippen molar-refractivity contribution in [1.29, 1.82) is 0 Å². The predicted molar refractivity (Wildman–Crippen MR) is 86.7 cm³/mol. The molecular formula is C15H15Br2NO. The second-order valence-corrected chi connectivity index (χ2v) is 6.27. The fourth-order valence-electron chi connectivity index (χ4n) is 1.78. The first-order chi connectivity index (χ1) is 8.97. The van der Waals surface area contributed by atoms with Crippen molar-refractivity contribution >= 4 is 37.5 Å². The molecule has 0 bridgehead atoms. The highest BCUT2D eigenvalue weighted by Crippen LogP contribution is 2.33. The van der Waals surface area contributed by atoms with E-state index in [1.165, 1.54) is 11.1 Å². The molecule has 0 aromatic heterocycles. The molecule has 100 valence electrons. The van der Waals surface area contributed by atoms with Gasteiger partial charge in [-0.3, -0.25) is 0 Å². The second-order valence-electron chi connectivity index (χ2n) is 4.56. The Morgan fingerprint density at radius 2 is 1.63 bits per heavy atom. The van der Waals surface area contributed by atoms with Gasteiger partial charge in [-0.05, 0) is 86.7 Å². The molecule has 4 heteroatoms. The maximum Gasteiger partial charge on any atom is 0.143 e. The molecule has 2 nitrogen and oxygen atoms in total. The van der Waals surface area contributed by atoms with Crippen molar-refractivity contribution < 1.29 is 5.11 Å². The number of rotatable bonds is 3. The summed E-state index contributed by atoms with van der Waals surface area (Å²) in [4.78, 5) is 0. The first-order valence-corrected chi connectivity index (χ1v) is 7.54. The molecule has 2 rings (SSSR count). The maximum atomic E-state index is 9.67.